The number of benzene rings is 1. The molecule has 132 valence electrons. The Hall–Kier alpha value is -0.650. The Labute approximate surface area is 146 Å². The molecule has 23 heavy (non-hydrogen) atoms. The monoisotopic (exact) mass is 343 g/mol. The van der Waals surface area contributed by atoms with Crippen LogP contribution in [0.25, 0.3) is 0 Å². The molecular formula is C18H30ClNO3. The van der Waals surface area contributed by atoms with Gasteiger partial charge in [0, 0.05) is 0 Å². The lowest BCUT2D eigenvalue weighted by molar-refractivity contribution is -0.0834. The van der Waals surface area contributed by atoms with E-state index in [1.54, 1.807) is 0 Å². The van der Waals surface area contributed by atoms with Crippen LogP contribution in [0.4, 0.5) is 0 Å². The van der Waals surface area contributed by atoms with Crippen molar-refractivity contribution >= 4 is 12.4 Å². The molecule has 1 aliphatic rings. The Balaban J connectivity index is 0.00000264. The summed E-state index contributed by atoms with van der Waals surface area (Å²) in [4.78, 5) is 0. The van der Waals surface area contributed by atoms with Crippen LogP contribution in [0.2, 0.25) is 0 Å². The number of nitrogens with one attached hydrogen (secondary N) is 1. The summed E-state index contributed by atoms with van der Waals surface area (Å²) in [6, 6.07) is 10.2. The summed E-state index contributed by atoms with van der Waals surface area (Å²) in [7, 11) is 0. The van der Waals surface area contributed by atoms with Gasteiger partial charge in [-0.2, -0.15) is 0 Å². The molecule has 0 spiro atoms. The average molecular weight is 344 g/mol. The van der Waals surface area contributed by atoms with Crippen molar-refractivity contribution in [1.82, 2.24) is 5.32 Å². The summed E-state index contributed by atoms with van der Waals surface area (Å²) in [5.41, 5.74) is 1.21. The highest BCUT2D eigenvalue weighted by Crippen LogP contribution is 2.21. The molecule has 1 saturated heterocycles. The third kappa shape index (κ3) is 8.13. The third-order valence-corrected chi connectivity index (χ3v) is 4.07. The predicted molar refractivity (Wildman–Crippen MR) is 95.2 cm³/mol. The van der Waals surface area contributed by atoms with E-state index in [1.165, 1.54) is 5.56 Å². The van der Waals surface area contributed by atoms with Crippen LogP contribution < -0.4 is 5.32 Å². The lowest BCUT2D eigenvalue weighted by Crippen LogP contribution is -2.42. The van der Waals surface area contributed by atoms with Crippen molar-refractivity contribution in [3.05, 3.63) is 35.9 Å². The molecule has 0 saturated carbocycles. The van der Waals surface area contributed by atoms with Crippen molar-refractivity contribution in [2.24, 2.45) is 0 Å². The molecule has 1 aromatic rings. The molecule has 1 atom stereocenters. The smallest absolute Gasteiger partial charge is 0.0785 e. The number of hydrogen-bond acceptors (Lipinski definition) is 4. The molecular weight excluding hydrogens is 314 g/mol. The minimum atomic E-state index is 0. The topological polar surface area (TPSA) is 39.7 Å². The maximum absolute atomic E-state index is 5.98. The second kappa shape index (κ2) is 11.0. The first kappa shape index (κ1) is 20.4. The minimum absolute atomic E-state index is 0. The molecule has 1 aromatic carbocycles. The standard InChI is InChI=1S/C18H29NO3.ClH/c1-16(21-15-17-6-4-3-5-7-17)14-20-12-13-22-18(2)8-10-19-11-9-18;/h3-7,16,19H,8-15H2,1-2H3;1H/t16-;/m1./s1. The van der Waals surface area contributed by atoms with E-state index in [4.69, 9.17) is 14.2 Å². The second-order valence-electron chi connectivity index (χ2n) is 6.23. The maximum atomic E-state index is 5.98. The van der Waals surface area contributed by atoms with Crippen molar-refractivity contribution in [3.63, 3.8) is 0 Å². The molecule has 1 aliphatic heterocycles. The van der Waals surface area contributed by atoms with Crippen LogP contribution in [-0.2, 0) is 20.8 Å². The Morgan fingerprint density at radius 3 is 2.52 bits per heavy atom. The summed E-state index contributed by atoms with van der Waals surface area (Å²) in [5, 5.41) is 3.36. The van der Waals surface area contributed by atoms with Gasteiger partial charge in [-0.1, -0.05) is 30.3 Å². The van der Waals surface area contributed by atoms with Crippen LogP contribution in [0.5, 0.6) is 0 Å². The van der Waals surface area contributed by atoms with Gasteiger partial charge in [-0.15, -0.1) is 12.4 Å². The first-order valence-corrected chi connectivity index (χ1v) is 8.26. The zero-order valence-corrected chi connectivity index (χ0v) is 15.1. The van der Waals surface area contributed by atoms with Gasteiger partial charge in [-0.3, -0.25) is 0 Å². The lowest BCUT2D eigenvalue weighted by atomic mass is 9.95. The highest BCUT2D eigenvalue weighted by Gasteiger charge is 2.26. The van der Waals surface area contributed by atoms with Crippen molar-refractivity contribution in [1.29, 1.82) is 0 Å². The van der Waals surface area contributed by atoms with Gasteiger partial charge in [0.1, 0.15) is 0 Å². The fourth-order valence-electron chi connectivity index (χ4n) is 2.56. The predicted octanol–water partition coefficient (Wildman–Crippen LogP) is 3.19. The Bertz CT molecular complexity index is 410. The van der Waals surface area contributed by atoms with Crippen LogP contribution in [0.1, 0.15) is 32.3 Å². The third-order valence-electron chi connectivity index (χ3n) is 4.07. The highest BCUT2D eigenvalue weighted by atomic mass is 35.5. The SMILES string of the molecule is C[C@H](COCCOC1(C)CCNCC1)OCc1ccccc1.Cl. The molecule has 0 radical (unpaired) electrons. The molecule has 0 bridgehead atoms. The molecule has 0 aromatic heterocycles. The largest absolute Gasteiger partial charge is 0.376 e. The average Bonchev–Trinajstić information content (AvgIpc) is 2.54. The molecule has 2 rings (SSSR count). The number of ether oxygens (including phenoxy) is 3. The number of hydrogen-bond donors (Lipinski definition) is 1. The van der Waals surface area contributed by atoms with Crippen LogP contribution in [-0.4, -0.2) is 44.6 Å². The normalized spacial score (nSPS) is 18.2. The van der Waals surface area contributed by atoms with E-state index in [9.17, 15) is 0 Å². The van der Waals surface area contributed by atoms with Crippen molar-refractivity contribution in [2.45, 2.75) is 45.0 Å². The molecule has 1 N–H and O–H groups in total. The second-order valence-corrected chi connectivity index (χ2v) is 6.23. The maximum Gasteiger partial charge on any atom is 0.0785 e. The van der Waals surface area contributed by atoms with Gasteiger partial charge < -0.3 is 19.5 Å². The molecule has 0 aliphatic carbocycles. The zero-order chi connectivity index (χ0) is 15.7. The minimum Gasteiger partial charge on any atom is -0.376 e. The van der Waals surface area contributed by atoms with Crippen LogP contribution >= 0.6 is 12.4 Å². The fraction of sp³-hybridized carbons (Fsp3) is 0.667. The van der Waals surface area contributed by atoms with Gasteiger partial charge in [-0.25, -0.2) is 0 Å². The summed E-state index contributed by atoms with van der Waals surface area (Å²) in [6.07, 6.45) is 2.24. The van der Waals surface area contributed by atoms with E-state index in [0.717, 1.165) is 25.9 Å². The Morgan fingerprint density at radius 1 is 1.13 bits per heavy atom. The van der Waals surface area contributed by atoms with Gasteiger partial charge in [0.25, 0.3) is 0 Å². The molecule has 0 unspecified atom stereocenters. The molecule has 1 fully saturated rings. The van der Waals surface area contributed by atoms with E-state index < -0.39 is 0 Å². The van der Waals surface area contributed by atoms with Crippen LogP contribution in [0, 0.1) is 0 Å². The van der Waals surface area contributed by atoms with Gasteiger partial charge in [-0.05, 0) is 45.3 Å². The zero-order valence-electron chi connectivity index (χ0n) is 14.3. The van der Waals surface area contributed by atoms with Crippen LogP contribution in [0.15, 0.2) is 30.3 Å². The van der Waals surface area contributed by atoms with E-state index in [2.05, 4.69) is 24.4 Å². The van der Waals surface area contributed by atoms with E-state index in [-0.39, 0.29) is 24.1 Å². The fourth-order valence-corrected chi connectivity index (χ4v) is 2.56. The molecule has 1 heterocycles. The number of rotatable bonds is 9. The van der Waals surface area contributed by atoms with E-state index in [1.807, 2.05) is 25.1 Å². The summed E-state index contributed by atoms with van der Waals surface area (Å²) < 4.78 is 17.4. The lowest BCUT2D eigenvalue weighted by Gasteiger charge is -2.34. The van der Waals surface area contributed by atoms with E-state index in [0.29, 0.717) is 26.4 Å². The molecule has 0 amide bonds. The van der Waals surface area contributed by atoms with Gasteiger partial charge >= 0.3 is 0 Å². The summed E-state index contributed by atoms with van der Waals surface area (Å²) >= 11 is 0. The van der Waals surface area contributed by atoms with Crippen molar-refractivity contribution in [2.75, 3.05) is 32.9 Å². The number of halogens is 1. The number of piperidine rings is 1. The molecule has 4 nitrogen and oxygen atoms in total. The Morgan fingerprint density at radius 2 is 1.83 bits per heavy atom. The van der Waals surface area contributed by atoms with Gasteiger partial charge in [0.05, 0.1) is 38.1 Å². The van der Waals surface area contributed by atoms with Gasteiger partial charge in [0.2, 0.25) is 0 Å². The van der Waals surface area contributed by atoms with E-state index >= 15 is 0 Å². The first-order valence-electron chi connectivity index (χ1n) is 8.26. The highest BCUT2D eigenvalue weighted by molar-refractivity contribution is 5.85. The summed E-state index contributed by atoms with van der Waals surface area (Å²) in [5.74, 6) is 0. The summed E-state index contributed by atoms with van der Waals surface area (Å²) in [6.45, 7) is 8.84. The van der Waals surface area contributed by atoms with Crippen molar-refractivity contribution < 1.29 is 14.2 Å². The van der Waals surface area contributed by atoms with Crippen LogP contribution in [0.3, 0.4) is 0 Å². The quantitative estimate of drug-likeness (QED) is 0.699. The first-order chi connectivity index (χ1) is 10.7. The van der Waals surface area contributed by atoms with Gasteiger partial charge in [0.15, 0.2) is 0 Å². The Kier molecular flexibility index (Phi) is 9.75. The molecule has 5 heteroatoms. The van der Waals surface area contributed by atoms with Crippen molar-refractivity contribution in [3.8, 4) is 0 Å².